The van der Waals surface area contributed by atoms with Gasteiger partial charge in [-0.15, -0.1) is 0 Å². The van der Waals surface area contributed by atoms with Gasteiger partial charge in [0.25, 0.3) is 0 Å². The van der Waals surface area contributed by atoms with Crippen LogP contribution in [0, 0.1) is 0 Å². The zero-order valence-corrected chi connectivity index (χ0v) is 16.6. The van der Waals surface area contributed by atoms with Crippen molar-refractivity contribution in [3.05, 3.63) is 36.0 Å². The van der Waals surface area contributed by atoms with E-state index >= 15 is 0 Å². The maximum absolute atomic E-state index is 12.8. The van der Waals surface area contributed by atoms with Gasteiger partial charge in [0.2, 0.25) is 15.9 Å². The Hall–Kier alpha value is -2.36. The lowest BCUT2D eigenvalue weighted by Crippen LogP contribution is -2.30. The van der Waals surface area contributed by atoms with Gasteiger partial charge >= 0.3 is 0 Å². The van der Waals surface area contributed by atoms with Gasteiger partial charge < -0.3 is 19.7 Å². The van der Waals surface area contributed by atoms with Crippen molar-refractivity contribution in [2.24, 2.45) is 0 Å². The molecule has 1 aromatic heterocycles. The van der Waals surface area contributed by atoms with Crippen LogP contribution in [0.2, 0.25) is 0 Å². The van der Waals surface area contributed by atoms with Gasteiger partial charge in [-0.1, -0.05) is 6.07 Å². The standard InChI is InChI=1S/C19H24N4O4S/c1-26-19-18-11-15(13-21-19)23-8-9-27-17-5-4-14(10-16(17)23)12-20-6-2-3-7-22-28(18,24)25/h4-5,10-11,13,20,22H,2-3,6-9,12H2,1H3. The minimum Gasteiger partial charge on any atom is -0.490 e. The molecule has 0 unspecified atom stereocenters. The van der Waals surface area contributed by atoms with Gasteiger partial charge in [-0.25, -0.2) is 18.1 Å². The van der Waals surface area contributed by atoms with Crippen LogP contribution in [0.1, 0.15) is 18.4 Å². The van der Waals surface area contributed by atoms with Crippen LogP contribution in [0.3, 0.4) is 0 Å². The number of anilines is 2. The van der Waals surface area contributed by atoms with Crippen LogP contribution in [0.5, 0.6) is 11.6 Å². The predicted molar refractivity (Wildman–Crippen MR) is 106 cm³/mol. The van der Waals surface area contributed by atoms with Crippen LogP contribution in [-0.4, -0.2) is 46.8 Å². The third-order valence-corrected chi connectivity index (χ3v) is 6.34. The summed E-state index contributed by atoms with van der Waals surface area (Å²) in [6.07, 6.45) is 3.25. The Bertz CT molecular complexity index is 964. The van der Waals surface area contributed by atoms with E-state index in [0.29, 0.717) is 25.4 Å². The van der Waals surface area contributed by atoms with Gasteiger partial charge in [-0.3, -0.25) is 0 Å². The number of ether oxygens (including phenoxy) is 2. The topological polar surface area (TPSA) is 92.8 Å². The van der Waals surface area contributed by atoms with Crippen LogP contribution in [0.25, 0.3) is 0 Å². The first-order valence-corrected chi connectivity index (χ1v) is 10.8. The van der Waals surface area contributed by atoms with Gasteiger partial charge in [0.1, 0.15) is 17.3 Å². The minimum absolute atomic E-state index is 0.0460. The summed E-state index contributed by atoms with van der Waals surface area (Å²) in [5, 5.41) is 3.41. The van der Waals surface area contributed by atoms with E-state index in [4.69, 9.17) is 9.47 Å². The largest absolute Gasteiger partial charge is 0.490 e. The highest BCUT2D eigenvalue weighted by atomic mass is 32.2. The van der Waals surface area contributed by atoms with E-state index in [2.05, 4.69) is 27.2 Å². The Morgan fingerprint density at radius 3 is 2.93 bits per heavy atom. The second-order valence-corrected chi connectivity index (χ2v) is 8.52. The molecule has 0 atom stereocenters. The number of nitrogens with one attached hydrogen (secondary N) is 2. The molecule has 1 aromatic carbocycles. The minimum atomic E-state index is -3.73. The molecule has 4 bridgehead atoms. The summed E-state index contributed by atoms with van der Waals surface area (Å²) in [7, 11) is -2.31. The van der Waals surface area contributed by atoms with E-state index in [1.54, 1.807) is 12.3 Å². The van der Waals surface area contributed by atoms with Crippen molar-refractivity contribution >= 4 is 21.4 Å². The Morgan fingerprint density at radius 2 is 2.07 bits per heavy atom. The highest BCUT2D eigenvalue weighted by Crippen LogP contribution is 2.38. The molecular formula is C19H24N4O4S. The van der Waals surface area contributed by atoms with Crippen molar-refractivity contribution < 1.29 is 17.9 Å². The van der Waals surface area contributed by atoms with Crippen LogP contribution in [0.4, 0.5) is 11.4 Å². The van der Waals surface area contributed by atoms with Crippen molar-refractivity contribution in [1.29, 1.82) is 0 Å². The zero-order chi connectivity index (χ0) is 19.6. The fourth-order valence-electron chi connectivity index (χ4n) is 3.45. The van der Waals surface area contributed by atoms with E-state index in [9.17, 15) is 8.42 Å². The highest BCUT2D eigenvalue weighted by Gasteiger charge is 2.25. The molecule has 0 amide bonds. The summed E-state index contributed by atoms with van der Waals surface area (Å²) >= 11 is 0. The molecule has 28 heavy (non-hydrogen) atoms. The lowest BCUT2D eigenvalue weighted by atomic mass is 10.1. The first-order valence-electron chi connectivity index (χ1n) is 9.36. The second kappa shape index (κ2) is 7.94. The molecule has 2 aliphatic rings. The number of rotatable bonds is 1. The number of nitrogens with zero attached hydrogens (tertiary/aromatic N) is 2. The number of hydrogen-bond acceptors (Lipinski definition) is 7. The maximum Gasteiger partial charge on any atom is 0.246 e. The van der Waals surface area contributed by atoms with E-state index in [0.717, 1.165) is 42.9 Å². The van der Waals surface area contributed by atoms with Gasteiger partial charge in [-0.2, -0.15) is 0 Å². The second-order valence-electron chi connectivity index (χ2n) is 6.78. The third-order valence-electron chi connectivity index (χ3n) is 4.89. The molecule has 0 aliphatic carbocycles. The SMILES string of the molecule is COc1ncc2cc1S(=O)(=O)NCCCCNCc1ccc3c(c1)N2CCO3. The van der Waals surface area contributed by atoms with E-state index in [1.807, 2.05) is 11.0 Å². The molecule has 2 N–H and O–H groups in total. The lowest BCUT2D eigenvalue weighted by Gasteiger charge is -2.31. The number of fused-ring (bicyclic) bond motifs is 4. The monoisotopic (exact) mass is 404 g/mol. The van der Waals surface area contributed by atoms with Crippen LogP contribution < -0.4 is 24.4 Å². The van der Waals surface area contributed by atoms with Gasteiger partial charge in [-0.05, 0) is 43.1 Å². The number of benzene rings is 1. The van der Waals surface area contributed by atoms with Gasteiger partial charge in [0, 0.05) is 13.1 Å². The number of aromatic nitrogens is 1. The molecule has 8 nitrogen and oxygen atoms in total. The molecule has 3 heterocycles. The molecule has 9 heteroatoms. The average Bonchev–Trinajstić information content (AvgIpc) is 2.71. The third kappa shape index (κ3) is 3.78. The highest BCUT2D eigenvalue weighted by molar-refractivity contribution is 7.89. The molecule has 2 aliphatic heterocycles. The van der Waals surface area contributed by atoms with Crippen molar-refractivity contribution in [1.82, 2.24) is 15.0 Å². The zero-order valence-electron chi connectivity index (χ0n) is 15.8. The van der Waals surface area contributed by atoms with Gasteiger partial charge in [0.05, 0.1) is 31.2 Å². The average molecular weight is 404 g/mol. The predicted octanol–water partition coefficient (Wildman–Crippen LogP) is 1.78. The lowest BCUT2D eigenvalue weighted by molar-refractivity contribution is 0.314. The van der Waals surface area contributed by atoms with Crippen molar-refractivity contribution in [3.63, 3.8) is 0 Å². The Balaban J connectivity index is 1.83. The smallest absolute Gasteiger partial charge is 0.246 e. The molecule has 0 saturated heterocycles. The Morgan fingerprint density at radius 1 is 1.21 bits per heavy atom. The number of sulfonamides is 1. The first-order chi connectivity index (χ1) is 13.6. The quantitative estimate of drug-likeness (QED) is 0.748. The molecular weight excluding hydrogens is 380 g/mol. The van der Waals surface area contributed by atoms with Crippen molar-refractivity contribution in [3.8, 4) is 11.6 Å². The molecule has 4 rings (SSSR count). The summed E-state index contributed by atoms with van der Waals surface area (Å²) in [5.74, 6) is 0.863. The summed E-state index contributed by atoms with van der Waals surface area (Å²) in [5.41, 5.74) is 2.74. The van der Waals surface area contributed by atoms with E-state index < -0.39 is 10.0 Å². The molecule has 0 saturated carbocycles. The first kappa shape index (κ1) is 19.0. The number of hydrogen-bond donors (Lipinski definition) is 2. The van der Waals surface area contributed by atoms with E-state index in [-0.39, 0.29) is 10.8 Å². The number of pyridine rings is 1. The van der Waals surface area contributed by atoms with Crippen molar-refractivity contribution in [2.75, 3.05) is 38.3 Å². The molecule has 0 spiro atoms. The molecule has 150 valence electrons. The van der Waals surface area contributed by atoms with Crippen LogP contribution in [0.15, 0.2) is 35.4 Å². The summed E-state index contributed by atoms with van der Waals surface area (Å²) in [6.45, 7) is 3.05. The van der Waals surface area contributed by atoms with Crippen LogP contribution in [-0.2, 0) is 16.6 Å². The Kier molecular flexibility index (Phi) is 5.38. The molecule has 2 aromatic rings. The van der Waals surface area contributed by atoms with Crippen molar-refractivity contribution in [2.45, 2.75) is 24.3 Å². The maximum atomic E-state index is 12.8. The number of methoxy groups -OCH3 is 1. The molecule has 0 radical (unpaired) electrons. The normalized spacial score (nSPS) is 19.1. The fraction of sp³-hybridized carbons (Fsp3) is 0.421. The van der Waals surface area contributed by atoms with Gasteiger partial charge in [0.15, 0.2) is 0 Å². The summed E-state index contributed by atoms with van der Waals surface area (Å²) in [6, 6.07) is 7.72. The summed E-state index contributed by atoms with van der Waals surface area (Å²) in [4.78, 5) is 6.34. The van der Waals surface area contributed by atoms with Crippen LogP contribution >= 0.6 is 0 Å². The van der Waals surface area contributed by atoms with E-state index in [1.165, 1.54) is 7.11 Å². The summed E-state index contributed by atoms with van der Waals surface area (Å²) < 4.78 is 39.4. The Labute approximate surface area is 164 Å². The molecule has 0 fully saturated rings. The fourth-order valence-corrected chi connectivity index (χ4v) is 4.66.